The zero-order valence-electron chi connectivity index (χ0n) is 26.0. The van der Waals surface area contributed by atoms with E-state index in [4.69, 9.17) is 18.9 Å². The molecule has 0 aliphatic carbocycles. The number of carbonyl (C=O) groups excluding carboxylic acids is 1. The summed E-state index contributed by atoms with van der Waals surface area (Å²) in [5.41, 5.74) is 1.21. The molecule has 1 N–H and O–H groups in total. The molecule has 3 atom stereocenters. The number of carbonyl (C=O) groups is 1. The number of hydrogen-bond donors (Lipinski definition) is 1. The van der Waals surface area contributed by atoms with Gasteiger partial charge in [-0.3, -0.25) is 0 Å². The fraction of sp³-hybridized carbons (Fsp3) is 0.727. The van der Waals surface area contributed by atoms with E-state index < -0.39 is 11.2 Å². The smallest absolute Gasteiger partial charge is 0.410 e. The Morgan fingerprint density at radius 3 is 2.50 bits per heavy atom. The van der Waals surface area contributed by atoms with Gasteiger partial charge >= 0.3 is 6.09 Å². The molecule has 4 rings (SSSR count). The van der Waals surface area contributed by atoms with Gasteiger partial charge in [-0.25, -0.2) is 4.79 Å². The van der Waals surface area contributed by atoms with Crippen LogP contribution in [0.15, 0.2) is 29.8 Å². The minimum absolute atomic E-state index is 0.0250. The lowest BCUT2D eigenvalue weighted by Crippen LogP contribution is -2.56. The van der Waals surface area contributed by atoms with Gasteiger partial charge in [0.1, 0.15) is 22.7 Å². The highest BCUT2D eigenvalue weighted by molar-refractivity contribution is 5.68. The predicted molar refractivity (Wildman–Crippen MR) is 157 cm³/mol. The van der Waals surface area contributed by atoms with E-state index in [1.54, 1.807) is 0 Å². The van der Waals surface area contributed by atoms with Gasteiger partial charge in [-0.05, 0) is 91.2 Å². The Morgan fingerprint density at radius 2 is 1.88 bits per heavy atom. The number of likely N-dealkylation sites (tertiary alicyclic amines) is 1. The molecule has 0 bridgehead atoms. The maximum atomic E-state index is 12.7. The number of piperidine rings is 1. The predicted octanol–water partition coefficient (Wildman–Crippen LogP) is 7.08. The van der Waals surface area contributed by atoms with Gasteiger partial charge in [0.05, 0.1) is 25.9 Å². The number of fused-ring (bicyclic) bond motifs is 3. The van der Waals surface area contributed by atoms with Crippen molar-refractivity contribution in [1.82, 2.24) is 4.90 Å². The maximum absolute atomic E-state index is 12.7. The third-order valence-electron chi connectivity index (χ3n) is 8.73. The average molecular weight is 558 g/mol. The lowest BCUT2D eigenvalue weighted by Gasteiger charge is -2.55. The van der Waals surface area contributed by atoms with Gasteiger partial charge in [-0.1, -0.05) is 25.5 Å². The number of ether oxygens (including phenoxy) is 4. The van der Waals surface area contributed by atoms with E-state index in [-0.39, 0.29) is 35.6 Å². The topological polar surface area (TPSA) is 77.5 Å². The summed E-state index contributed by atoms with van der Waals surface area (Å²) in [6.45, 7) is 18.8. The Balaban J connectivity index is 1.54. The van der Waals surface area contributed by atoms with Crippen molar-refractivity contribution >= 4 is 6.09 Å². The quantitative estimate of drug-likeness (QED) is 0.361. The largest absolute Gasteiger partial charge is 0.493 e. The zero-order chi connectivity index (χ0) is 29.3. The molecule has 7 heteroatoms. The number of aliphatic hydroxyl groups is 1. The van der Waals surface area contributed by atoms with E-state index in [0.29, 0.717) is 26.3 Å². The second kappa shape index (κ2) is 11.6. The fourth-order valence-electron chi connectivity index (χ4n) is 6.16. The minimum atomic E-state index is -0.493. The van der Waals surface area contributed by atoms with Crippen molar-refractivity contribution in [2.75, 3.05) is 32.9 Å². The molecule has 1 spiro atoms. The molecule has 0 unspecified atom stereocenters. The Kier molecular flexibility index (Phi) is 8.87. The second-order valence-corrected chi connectivity index (χ2v) is 14.6. The van der Waals surface area contributed by atoms with E-state index in [9.17, 15) is 9.90 Å². The molecule has 40 heavy (non-hydrogen) atoms. The van der Waals surface area contributed by atoms with Crippen molar-refractivity contribution in [3.63, 3.8) is 0 Å². The van der Waals surface area contributed by atoms with Crippen LogP contribution in [0.5, 0.6) is 11.5 Å². The van der Waals surface area contributed by atoms with E-state index >= 15 is 0 Å². The Labute approximate surface area is 241 Å². The summed E-state index contributed by atoms with van der Waals surface area (Å²) >= 11 is 0. The molecule has 3 aliphatic rings. The molecular weight excluding hydrogens is 506 g/mol. The van der Waals surface area contributed by atoms with Crippen LogP contribution in [0.4, 0.5) is 4.79 Å². The van der Waals surface area contributed by atoms with E-state index in [1.165, 1.54) is 5.57 Å². The van der Waals surface area contributed by atoms with Crippen molar-refractivity contribution in [3.05, 3.63) is 35.4 Å². The van der Waals surface area contributed by atoms with Crippen molar-refractivity contribution in [3.8, 4) is 11.5 Å². The molecule has 0 aromatic heterocycles. The monoisotopic (exact) mass is 557 g/mol. The molecule has 1 aromatic rings. The number of hydrogen-bond acceptors (Lipinski definition) is 6. The molecule has 224 valence electrons. The van der Waals surface area contributed by atoms with Crippen LogP contribution in [-0.4, -0.2) is 60.2 Å². The van der Waals surface area contributed by atoms with E-state index in [2.05, 4.69) is 32.9 Å². The highest BCUT2D eigenvalue weighted by Crippen LogP contribution is 2.57. The van der Waals surface area contributed by atoms with Gasteiger partial charge < -0.3 is 29.0 Å². The lowest BCUT2D eigenvalue weighted by molar-refractivity contribution is -0.179. The molecule has 3 aliphatic heterocycles. The van der Waals surface area contributed by atoms with Crippen LogP contribution in [0, 0.1) is 16.7 Å². The summed E-state index contributed by atoms with van der Waals surface area (Å²) in [4.78, 5) is 14.5. The standard InChI is InChI=1S/C33H51NO6/c1-23(2)10-9-13-32(8)26-19-33(14-16-34(17-15-33)29(36)40-30(3,4)5)22-38-28(26)25-12-11-24(18-27(25)39-32)37-21-31(6,7)20-35/h10-12,18,26,28,35H,9,13-17,19-22H2,1-8H3/t26-,28+,32-/m0/s1. The van der Waals surface area contributed by atoms with Crippen LogP contribution < -0.4 is 9.47 Å². The number of benzene rings is 1. The molecule has 2 fully saturated rings. The van der Waals surface area contributed by atoms with Gasteiger partial charge in [-0.15, -0.1) is 0 Å². The molecule has 0 saturated carbocycles. The average Bonchev–Trinajstić information content (AvgIpc) is 2.87. The van der Waals surface area contributed by atoms with Crippen LogP contribution in [-0.2, 0) is 9.47 Å². The third kappa shape index (κ3) is 7.14. The molecule has 3 heterocycles. The first-order chi connectivity index (χ1) is 18.6. The number of amides is 1. The maximum Gasteiger partial charge on any atom is 0.410 e. The van der Waals surface area contributed by atoms with Crippen LogP contribution in [0.25, 0.3) is 0 Å². The molecule has 1 aromatic carbocycles. The Morgan fingerprint density at radius 1 is 1.18 bits per heavy atom. The summed E-state index contributed by atoms with van der Waals surface area (Å²) in [5, 5.41) is 9.62. The SMILES string of the molecule is CC(C)=CCC[C@]1(C)Oc2cc(OCC(C)(C)CO)ccc2[C@H]2OCC3(CCN(C(=O)OC(C)(C)C)CC3)C[C@@H]21. The molecule has 1 amide bonds. The first-order valence-corrected chi connectivity index (χ1v) is 14.9. The van der Waals surface area contributed by atoms with Crippen LogP contribution >= 0.6 is 0 Å². The summed E-state index contributed by atoms with van der Waals surface area (Å²) in [5.74, 6) is 1.77. The van der Waals surface area contributed by atoms with E-state index in [0.717, 1.165) is 49.2 Å². The molecular formula is C33H51NO6. The molecule has 7 nitrogen and oxygen atoms in total. The number of allylic oxidation sites excluding steroid dienone is 2. The highest BCUT2D eigenvalue weighted by Gasteiger charge is 2.54. The van der Waals surface area contributed by atoms with Crippen molar-refractivity contribution < 1.29 is 28.8 Å². The second-order valence-electron chi connectivity index (χ2n) is 14.6. The normalized spacial score (nSPS) is 25.9. The Hall–Kier alpha value is -2.25. The van der Waals surface area contributed by atoms with Crippen LogP contribution in [0.3, 0.4) is 0 Å². The Bertz CT molecular complexity index is 1080. The summed E-state index contributed by atoms with van der Waals surface area (Å²) in [6.07, 6.45) is 6.67. The van der Waals surface area contributed by atoms with Gasteiger partial charge in [0.2, 0.25) is 0 Å². The minimum Gasteiger partial charge on any atom is -0.493 e. The van der Waals surface area contributed by atoms with Crippen LogP contribution in [0.1, 0.15) is 99.2 Å². The van der Waals surface area contributed by atoms with Gasteiger partial charge in [0.25, 0.3) is 0 Å². The van der Waals surface area contributed by atoms with Gasteiger partial charge in [0.15, 0.2) is 0 Å². The highest BCUT2D eigenvalue weighted by atomic mass is 16.6. The van der Waals surface area contributed by atoms with Gasteiger partial charge in [-0.2, -0.15) is 0 Å². The fourth-order valence-corrected chi connectivity index (χ4v) is 6.16. The van der Waals surface area contributed by atoms with Gasteiger partial charge in [0, 0.05) is 36.1 Å². The lowest BCUT2D eigenvalue weighted by atomic mass is 9.63. The number of aliphatic hydroxyl groups excluding tert-OH is 1. The first-order valence-electron chi connectivity index (χ1n) is 14.9. The third-order valence-corrected chi connectivity index (χ3v) is 8.73. The zero-order valence-corrected chi connectivity index (χ0v) is 26.0. The number of nitrogens with zero attached hydrogens (tertiary/aromatic N) is 1. The van der Waals surface area contributed by atoms with Crippen molar-refractivity contribution in [2.24, 2.45) is 16.7 Å². The van der Waals surface area contributed by atoms with Crippen LogP contribution in [0.2, 0.25) is 0 Å². The molecule has 0 radical (unpaired) electrons. The van der Waals surface area contributed by atoms with E-state index in [1.807, 2.05) is 51.7 Å². The summed E-state index contributed by atoms with van der Waals surface area (Å²) in [7, 11) is 0. The number of rotatable bonds is 7. The van der Waals surface area contributed by atoms with Crippen molar-refractivity contribution in [1.29, 1.82) is 0 Å². The van der Waals surface area contributed by atoms with Crippen molar-refractivity contribution in [2.45, 2.75) is 105 Å². The molecule has 2 saturated heterocycles. The summed E-state index contributed by atoms with van der Waals surface area (Å²) in [6, 6.07) is 6.07. The first kappa shape index (κ1) is 30.7. The summed E-state index contributed by atoms with van der Waals surface area (Å²) < 4.78 is 25.4.